The lowest BCUT2D eigenvalue weighted by molar-refractivity contribution is 0.0964. The summed E-state index contributed by atoms with van der Waals surface area (Å²) < 4.78 is 33.5. The van der Waals surface area contributed by atoms with E-state index in [0.29, 0.717) is 41.2 Å². The molecule has 1 amide bonds. The molecule has 2 N–H and O–H groups in total. The first kappa shape index (κ1) is 25.8. The average molecular weight is 538 g/mol. The summed E-state index contributed by atoms with van der Waals surface area (Å²) in [5, 5.41) is 17.2. The molecule has 1 aliphatic rings. The molecule has 12 heteroatoms. The molecule has 0 unspecified atom stereocenters. The van der Waals surface area contributed by atoms with Gasteiger partial charge in [0.05, 0.1) is 17.2 Å². The van der Waals surface area contributed by atoms with Gasteiger partial charge in [0.1, 0.15) is 11.6 Å². The molecule has 0 saturated heterocycles. The number of nitrogens with zero attached hydrogens (tertiary/aromatic N) is 5. The number of fused-ring (bicyclic) bond motifs is 1. The highest BCUT2D eigenvalue weighted by Gasteiger charge is 2.34. The first-order valence-corrected chi connectivity index (χ1v) is 14.6. The Morgan fingerprint density at radius 3 is 2.58 bits per heavy atom. The lowest BCUT2D eigenvalue weighted by atomic mass is 10.0. The monoisotopic (exact) mass is 537 g/mol. The molecule has 200 valence electrons. The van der Waals surface area contributed by atoms with Gasteiger partial charge in [-0.1, -0.05) is 41.5 Å². The maximum Gasteiger partial charge on any atom is 0.255 e. The number of anilines is 1. The summed E-state index contributed by atoms with van der Waals surface area (Å²) >= 11 is 0. The molecular weight excluding hydrogens is 506 g/mol. The molecule has 0 spiro atoms. The van der Waals surface area contributed by atoms with Crippen molar-refractivity contribution in [3.05, 3.63) is 52.8 Å². The van der Waals surface area contributed by atoms with Crippen LogP contribution in [-0.4, -0.2) is 59.8 Å². The van der Waals surface area contributed by atoms with E-state index >= 15 is 0 Å². The van der Waals surface area contributed by atoms with Gasteiger partial charge in [-0.05, 0) is 50.2 Å². The van der Waals surface area contributed by atoms with Crippen molar-refractivity contribution >= 4 is 32.8 Å². The Kier molecular flexibility index (Phi) is 7.15. The van der Waals surface area contributed by atoms with Crippen molar-refractivity contribution in [2.24, 2.45) is 0 Å². The van der Waals surface area contributed by atoms with Crippen LogP contribution in [0.15, 0.2) is 34.7 Å². The maximum atomic E-state index is 13.0. The van der Waals surface area contributed by atoms with Gasteiger partial charge in [0.15, 0.2) is 5.82 Å². The Bertz CT molecular complexity index is 1540. The highest BCUT2D eigenvalue weighted by atomic mass is 32.2. The van der Waals surface area contributed by atoms with Crippen molar-refractivity contribution in [1.82, 2.24) is 30.9 Å². The number of amides is 1. The third kappa shape index (κ3) is 5.40. The minimum Gasteiger partial charge on any atom is -0.437 e. The van der Waals surface area contributed by atoms with Gasteiger partial charge in [-0.25, -0.2) is 8.42 Å². The maximum absolute atomic E-state index is 13.0. The number of aromatic amines is 1. The van der Waals surface area contributed by atoms with Crippen LogP contribution in [0.2, 0.25) is 0 Å². The number of furan rings is 1. The van der Waals surface area contributed by atoms with Crippen molar-refractivity contribution in [3.63, 3.8) is 0 Å². The normalized spacial score (nSPS) is 13.7. The summed E-state index contributed by atoms with van der Waals surface area (Å²) in [5.74, 6) is 1.35. The number of pyridine rings is 1. The Labute approximate surface area is 221 Å². The predicted molar refractivity (Wildman–Crippen MR) is 143 cm³/mol. The van der Waals surface area contributed by atoms with E-state index in [9.17, 15) is 13.2 Å². The minimum absolute atomic E-state index is 0.194. The first-order valence-electron chi connectivity index (χ1n) is 12.7. The fraction of sp³-hybridized carbons (Fsp3) is 0.423. The van der Waals surface area contributed by atoms with Gasteiger partial charge in [0, 0.05) is 25.6 Å². The summed E-state index contributed by atoms with van der Waals surface area (Å²) in [7, 11) is -2.04. The van der Waals surface area contributed by atoms with Crippen molar-refractivity contribution < 1.29 is 17.6 Å². The number of benzene rings is 1. The number of sulfonamides is 1. The molecule has 38 heavy (non-hydrogen) atoms. The van der Waals surface area contributed by atoms with Gasteiger partial charge in [-0.2, -0.15) is 10.2 Å². The van der Waals surface area contributed by atoms with Gasteiger partial charge < -0.3 is 9.73 Å². The molecular formula is C26H31N7O4S. The lowest BCUT2D eigenvalue weighted by Crippen LogP contribution is -2.32. The second-order valence-electron chi connectivity index (χ2n) is 9.75. The molecule has 0 atom stereocenters. The zero-order chi connectivity index (χ0) is 26.9. The van der Waals surface area contributed by atoms with Crippen molar-refractivity contribution in [2.45, 2.75) is 51.4 Å². The Morgan fingerprint density at radius 2 is 1.95 bits per heavy atom. The summed E-state index contributed by atoms with van der Waals surface area (Å²) in [4.78, 5) is 17.7. The fourth-order valence-electron chi connectivity index (χ4n) is 4.62. The van der Waals surface area contributed by atoms with Crippen LogP contribution in [0.5, 0.6) is 0 Å². The third-order valence-corrected chi connectivity index (χ3v) is 7.92. The first-order chi connectivity index (χ1) is 18.3. The average Bonchev–Trinajstić information content (AvgIpc) is 3.47. The molecule has 5 rings (SSSR count). The molecule has 1 fully saturated rings. The van der Waals surface area contributed by atoms with Crippen molar-refractivity contribution in [3.8, 4) is 11.3 Å². The molecule has 0 aliphatic heterocycles. The summed E-state index contributed by atoms with van der Waals surface area (Å²) in [5.41, 5.74) is 3.31. The van der Waals surface area contributed by atoms with Gasteiger partial charge in [-0.3, -0.25) is 9.10 Å². The second-order valence-corrected chi connectivity index (χ2v) is 11.7. The van der Waals surface area contributed by atoms with E-state index in [0.717, 1.165) is 42.4 Å². The number of H-pyrrole nitrogens is 1. The topological polar surface area (TPSA) is 147 Å². The second kappa shape index (κ2) is 10.5. The van der Waals surface area contributed by atoms with Crippen LogP contribution in [0, 0.1) is 6.92 Å². The van der Waals surface area contributed by atoms with Crippen LogP contribution in [0.3, 0.4) is 0 Å². The number of aryl methyl sites for hydroxylation is 2. The number of carbonyl (C=O) groups excluding carboxylic acids is 1. The molecule has 1 aromatic carbocycles. The zero-order valence-corrected chi connectivity index (χ0v) is 22.5. The van der Waals surface area contributed by atoms with E-state index < -0.39 is 10.0 Å². The Balaban J connectivity index is 1.52. The number of hydrogen-bond donors (Lipinski definition) is 2. The molecule has 1 aliphatic carbocycles. The van der Waals surface area contributed by atoms with Crippen molar-refractivity contribution in [2.75, 3.05) is 24.2 Å². The number of carbonyl (C=O) groups is 1. The highest BCUT2D eigenvalue weighted by molar-refractivity contribution is 7.92. The summed E-state index contributed by atoms with van der Waals surface area (Å²) in [6, 6.07) is 9.61. The number of tetrazole rings is 1. The summed E-state index contributed by atoms with van der Waals surface area (Å²) in [6.45, 7) is 2.28. The zero-order valence-electron chi connectivity index (χ0n) is 21.7. The third-order valence-electron chi connectivity index (χ3n) is 6.76. The minimum atomic E-state index is -3.62. The van der Waals surface area contributed by atoms with Crippen LogP contribution in [-0.2, 0) is 16.4 Å². The molecule has 4 aromatic rings. The van der Waals surface area contributed by atoms with E-state index in [1.165, 1.54) is 10.6 Å². The molecule has 3 aromatic heterocycles. The summed E-state index contributed by atoms with van der Waals surface area (Å²) in [6.07, 6.45) is 6.01. The predicted octanol–water partition coefficient (Wildman–Crippen LogP) is 3.73. The molecule has 0 bridgehead atoms. The van der Waals surface area contributed by atoms with Crippen LogP contribution in [0.25, 0.3) is 22.4 Å². The standard InChI is InChI=1S/C26H31N7O4S/c1-16-8-10-18(11-9-16)23-22(25(34)27-2)20-15-19(17-12-13-17)24(28-26(20)37-23)33(38(3,35)36)14-6-4-5-7-21-29-31-32-30-21/h8-11,15,17H,4-7,12-14H2,1-3H3,(H,27,34)(H,29,30,31,32). The van der Waals surface area contributed by atoms with E-state index in [1.807, 2.05) is 37.3 Å². The number of aromatic nitrogens is 5. The van der Waals surface area contributed by atoms with Gasteiger partial charge in [0.2, 0.25) is 15.7 Å². The molecule has 3 heterocycles. The van der Waals surface area contributed by atoms with Crippen LogP contribution in [0.1, 0.15) is 65.3 Å². The molecule has 0 radical (unpaired) electrons. The Hall–Kier alpha value is -3.80. The van der Waals surface area contributed by atoms with E-state index in [1.54, 1.807) is 7.05 Å². The van der Waals surface area contributed by atoms with Gasteiger partial charge in [-0.15, -0.1) is 10.2 Å². The van der Waals surface area contributed by atoms with Gasteiger partial charge in [0.25, 0.3) is 5.91 Å². The van der Waals surface area contributed by atoms with Crippen molar-refractivity contribution in [1.29, 1.82) is 0 Å². The lowest BCUT2D eigenvalue weighted by Gasteiger charge is -2.24. The smallest absolute Gasteiger partial charge is 0.255 e. The number of rotatable bonds is 11. The van der Waals surface area contributed by atoms with E-state index in [2.05, 4.69) is 25.9 Å². The van der Waals surface area contributed by atoms with E-state index in [-0.39, 0.29) is 24.1 Å². The number of hydrogen-bond acceptors (Lipinski definition) is 8. The van der Waals surface area contributed by atoms with Crippen LogP contribution < -0.4 is 9.62 Å². The van der Waals surface area contributed by atoms with Crippen LogP contribution >= 0.6 is 0 Å². The largest absolute Gasteiger partial charge is 0.437 e. The number of unbranched alkanes of at least 4 members (excludes halogenated alkanes) is 2. The molecule has 11 nitrogen and oxygen atoms in total. The quantitative estimate of drug-likeness (QED) is 0.275. The highest BCUT2D eigenvalue weighted by Crippen LogP contribution is 2.46. The molecule has 1 saturated carbocycles. The SMILES string of the molecule is CNC(=O)c1c(-c2ccc(C)cc2)oc2nc(N(CCCCCc3nn[nH]n3)S(C)(=O)=O)c(C3CC3)cc12. The Morgan fingerprint density at radius 1 is 1.18 bits per heavy atom. The van der Waals surface area contributed by atoms with Gasteiger partial charge >= 0.3 is 0 Å². The van der Waals surface area contributed by atoms with Crippen LogP contribution in [0.4, 0.5) is 5.82 Å². The van der Waals surface area contributed by atoms with E-state index in [4.69, 9.17) is 9.40 Å². The fourth-order valence-corrected chi connectivity index (χ4v) is 5.54. The number of nitrogens with one attached hydrogen (secondary N) is 2.